The van der Waals surface area contributed by atoms with Crippen LogP contribution in [0.4, 0.5) is 5.69 Å². The van der Waals surface area contributed by atoms with Crippen molar-refractivity contribution in [3.8, 4) is 0 Å². The zero-order valence-electron chi connectivity index (χ0n) is 15.3. The van der Waals surface area contributed by atoms with Crippen molar-refractivity contribution < 1.29 is 18.0 Å². The lowest BCUT2D eigenvalue weighted by Crippen LogP contribution is -2.37. The van der Waals surface area contributed by atoms with Gasteiger partial charge >= 0.3 is 0 Å². The van der Waals surface area contributed by atoms with Gasteiger partial charge in [-0.2, -0.15) is 4.31 Å². The van der Waals surface area contributed by atoms with Crippen LogP contribution in [0.15, 0.2) is 46.0 Å². The highest BCUT2D eigenvalue weighted by Gasteiger charge is 2.23. The number of carbonyl (C=O) groups excluding carboxylic acids is 2. The fourth-order valence-corrected chi connectivity index (χ4v) is 4.65. The Morgan fingerprint density at radius 1 is 1.15 bits per heavy atom. The van der Waals surface area contributed by atoms with Crippen molar-refractivity contribution in [1.82, 2.24) is 9.62 Å². The lowest BCUT2D eigenvalue weighted by Gasteiger charge is -2.16. The van der Waals surface area contributed by atoms with Crippen LogP contribution in [0, 0.1) is 0 Å². The zero-order valence-corrected chi connectivity index (χ0v) is 16.9. The highest BCUT2D eigenvalue weighted by Crippen LogP contribution is 2.19. The van der Waals surface area contributed by atoms with E-state index < -0.39 is 15.9 Å². The molecular weight excluding hydrogens is 386 g/mol. The van der Waals surface area contributed by atoms with Crippen molar-refractivity contribution in [2.45, 2.75) is 30.5 Å². The van der Waals surface area contributed by atoms with E-state index in [4.69, 9.17) is 0 Å². The maximum absolute atomic E-state index is 12.3. The molecule has 7 nitrogen and oxygen atoms in total. The van der Waals surface area contributed by atoms with Crippen molar-refractivity contribution in [2.75, 3.05) is 18.9 Å². The summed E-state index contributed by atoms with van der Waals surface area (Å²) in [6, 6.07) is 10.3. The molecule has 27 heavy (non-hydrogen) atoms. The monoisotopic (exact) mass is 409 g/mol. The first-order valence-corrected chi connectivity index (χ1v) is 10.8. The molecule has 0 radical (unpaired) electrons. The maximum Gasteiger partial charge on any atom is 0.252 e. The third kappa shape index (κ3) is 6.16. The van der Waals surface area contributed by atoms with Crippen molar-refractivity contribution >= 4 is 38.9 Å². The Balaban J connectivity index is 1.89. The van der Waals surface area contributed by atoms with E-state index in [1.54, 1.807) is 29.6 Å². The predicted octanol–water partition coefficient (Wildman–Crippen LogP) is 2.42. The van der Waals surface area contributed by atoms with Gasteiger partial charge in [-0.05, 0) is 35.6 Å². The second-order valence-corrected chi connectivity index (χ2v) is 9.19. The molecule has 1 heterocycles. The van der Waals surface area contributed by atoms with Crippen LogP contribution >= 0.6 is 11.3 Å². The molecule has 0 atom stereocenters. The molecule has 1 aromatic heterocycles. The van der Waals surface area contributed by atoms with Gasteiger partial charge in [-0.15, -0.1) is 11.3 Å². The molecule has 0 fully saturated rings. The molecule has 2 amide bonds. The highest BCUT2D eigenvalue weighted by atomic mass is 32.2. The smallest absolute Gasteiger partial charge is 0.252 e. The molecule has 9 heteroatoms. The summed E-state index contributed by atoms with van der Waals surface area (Å²) in [6.45, 7) is 1.90. The van der Waals surface area contributed by atoms with Gasteiger partial charge in [0.1, 0.15) is 4.21 Å². The van der Waals surface area contributed by atoms with Crippen LogP contribution < -0.4 is 10.6 Å². The minimum absolute atomic E-state index is 0.0564. The molecule has 1 aromatic carbocycles. The average Bonchev–Trinajstić information content (AvgIpc) is 3.16. The minimum atomic E-state index is -3.66. The number of nitrogens with one attached hydrogen (secondary N) is 2. The summed E-state index contributed by atoms with van der Waals surface area (Å²) in [5, 5.41) is 7.17. The molecule has 146 valence electrons. The summed E-state index contributed by atoms with van der Waals surface area (Å²) >= 11 is 1.11. The van der Waals surface area contributed by atoms with E-state index in [-0.39, 0.29) is 23.2 Å². The van der Waals surface area contributed by atoms with Crippen LogP contribution in [-0.4, -0.2) is 38.1 Å². The molecule has 2 aromatic rings. The van der Waals surface area contributed by atoms with Gasteiger partial charge in [0.2, 0.25) is 11.8 Å². The number of carbonyl (C=O) groups is 2. The lowest BCUT2D eigenvalue weighted by atomic mass is 10.2. The number of hydrogen-bond donors (Lipinski definition) is 2. The van der Waals surface area contributed by atoms with Gasteiger partial charge in [0.05, 0.1) is 6.54 Å². The van der Waals surface area contributed by atoms with Crippen molar-refractivity contribution in [3.63, 3.8) is 0 Å². The fraction of sp³-hybridized carbons (Fsp3) is 0.333. The number of rotatable bonds is 9. The summed E-state index contributed by atoms with van der Waals surface area (Å²) in [7, 11) is -2.28. The van der Waals surface area contributed by atoms with E-state index in [2.05, 4.69) is 10.6 Å². The van der Waals surface area contributed by atoms with Crippen LogP contribution in [0.2, 0.25) is 0 Å². The summed E-state index contributed by atoms with van der Waals surface area (Å²) in [5.74, 6) is -0.461. The number of nitrogens with zero attached hydrogens (tertiary/aromatic N) is 1. The first-order valence-electron chi connectivity index (χ1n) is 8.48. The second-order valence-electron chi connectivity index (χ2n) is 5.97. The Hall–Kier alpha value is -2.23. The molecule has 2 N–H and O–H groups in total. The van der Waals surface area contributed by atoms with Gasteiger partial charge in [0, 0.05) is 25.7 Å². The van der Waals surface area contributed by atoms with Gasteiger partial charge < -0.3 is 10.6 Å². The van der Waals surface area contributed by atoms with Crippen molar-refractivity contribution in [2.24, 2.45) is 0 Å². The normalized spacial score (nSPS) is 11.4. The summed E-state index contributed by atoms with van der Waals surface area (Å²) < 4.78 is 25.9. The standard InChI is InChI=1S/C18H23N3O4S2/c1-3-6-16(22)20-15-8-4-7-14(11-15)12-19-17(23)13-21(2)27(24,25)18-9-5-10-26-18/h4-5,7-11H,3,6,12-13H2,1-2H3,(H,19,23)(H,20,22). The van der Waals surface area contributed by atoms with Gasteiger partial charge in [-0.3, -0.25) is 9.59 Å². The molecular formula is C18H23N3O4S2. The van der Waals surface area contributed by atoms with Crippen molar-refractivity contribution in [1.29, 1.82) is 0 Å². The lowest BCUT2D eigenvalue weighted by molar-refractivity contribution is -0.121. The fourth-order valence-electron chi connectivity index (χ4n) is 2.32. The number of anilines is 1. The maximum atomic E-state index is 12.3. The SMILES string of the molecule is CCCC(=O)Nc1cccc(CNC(=O)CN(C)S(=O)(=O)c2cccs2)c1. The van der Waals surface area contributed by atoms with E-state index in [9.17, 15) is 18.0 Å². The quantitative estimate of drug-likeness (QED) is 0.665. The number of benzene rings is 1. The Labute approximate surface area is 163 Å². The minimum Gasteiger partial charge on any atom is -0.351 e. The van der Waals surface area contributed by atoms with Crippen LogP contribution in [0.5, 0.6) is 0 Å². The topological polar surface area (TPSA) is 95.6 Å². The third-order valence-corrected chi connectivity index (χ3v) is 6.88. The van der Waals surface area contributed by atoms with E-state index in [1.807, 2.05) is 13.0 Å². The molecule has 2 rings (SSSR count). The van der Waals surface area contributed by atoms with Crippen molar-refractivity contribution in [3.05, 3.63) is 47.3 Å². The van der Waals surface area contributed by atoms with Crippen LogP contribution in [0.1, 0.15) is 25.3 Å². The first kappa shape index (κ1) is 21.1. The Morgan fingerprint density at radius 3 is 2.59 bits per heavy atom. The Bertz CT molecular complexity index is 880. The first-order chi connectivity index (χ1) is 12.8. The molecule has 0 spiro atoms. The highest BCUT2D eigenvalue weighted by molar-refractivity contribution is 7.91. The number of thiophene rings is 1. The van der Waals surface area contributed by atoms with Crippen LogP contribution in [0.3, 0.4) is 0 Å². The Kier molecular flexibility index (Phi) is 7.52. The van der Waals surface area contributed by atoms with Gasteiger partial charge in [0.25, 0.3) is 10.0 Å². The zero-order chi connectivity index (χ0) is 19.9. The largest absolute Gasteiger partial charge is 0.351 e. The van der Waals surface area contributed by atoms with E-state index >= 15 is 0 Å². The molecule has 0 aliphatic carbocycles. The van der Waals surface area contributed by atoms with Gasteiger partial charge in [-0.25, -0.2) is 8.42 Å². The average molecular weight is 410 g/mol. The van der Waals surface area contributed by atoms with E-state index in [0.717, 1.165) is 27.6 Å². The van der Waals surface area contributed by atoms with Crippen LogP contribution in [0.25, 0.3) is 0 Å². The number of sulfonamides is 1. The molecule has 0 saturated carbocycles. The molecule has 0 unspecified atom stereocenters. The number of likely N-dealkylation sites (N-methyl/N-ethyl adjacent to an activating group) is 1. The summed E-state index contributed by atoms with van der Waals surface area (Å²) in [6.07, 6.45) is 1.22. The number of amides is 2. The van der Waals surface area contributed by atoms with E-state index in [0.29, 0.717) is 12.1 Å². The van der Waals surface area contributed by atoms with E-state index in [1.165, 1.54) is 13.1 Å². The second kappa shape index (κ2) is 9.63. The van der Waals surface area contributed by atoms with Gasteiger partial charge in [0.15, 0.2) is 0 Å². The molecule has 0 aliphatic heterocycles. The third-order valence-electron chi connectivity index (χ3n) is 3.70. The summed E-state index contributed by atoms with van der Waals surface area (Å²) in [4.78, 5) is 23.8. The Morgan fingerprint density at radius 2 is 1.93 bits per heavy atom. The summed E-state index contributed by atoms with van der Waals surface area (Å²) in [5.41, 5.74) is 1.47. The van der Waals surface area contributed by atoms with Crippen LogP contribution in [-0.2, 0) is 26.2 Å². The van der Waals surface area contributed by atoms with Gasteiger partial charge in [-0.1, -0.05) is 25.1 Å². The molecule has 0 bridgehead atoms. The molecule has 0 aliphatic rings. The number of hydrogen-bond acceptors (Lipinski definition) is 5. The predicted molar refractivity (Wildman–Crippen MR) is 106 cm³/mol. The molecule has 0 saturated heterocycles.